The van der Waals surface area contributed by atoms with Crippen LogP contribution in [-0.4, -0.2) is 12.6 Å². The molecule has 0 aliphatic heterocycles. The van der Waals surface area contributed by atoms with Crippen LogP contribution in [0.3, 0.4) is 0 Å². The summed E-state index contributed by atoms with van der Waals surface area (Å²) < 4.78 is 5.69. The lowest BCUT2D eigenvalue weighted by atomic mass is 9.79. The first-order valence-electron chi connectivity index (χ1n) is 7.79. The average molecular weight is 296 g/mol. The summed E-state index contributed by atoms with van der Waals surface area (Å²) in [7, 11) is 0. The Balaban J connectivity index is 2.06. The summed E-state index contributed by atoms with van der Waals surface area (Å²) in [4.78, 5) is 0. The third-order valence-corrected chi connectivity index (χ3v) is 4.49. The largest absolute Gasteiger partial charge is 0.492 e. The molecular formula is C17H26ClNO. The van der Waals surface area contributed by atoms with E-state index < -0.39 is 0 Å². The second-order valence-corrected chi connectivity index (χ2v) is 6.52. The van der Waals surface area contributed by atoms with E-state index in [2.05, 4.69) is 19.2 Å². The molecule has 1 aliphatic rings. The summed E-state index contributed by atoms with van der Waals surface area (Å²) in [5.74, 6) is 2.50. The van der Waals surface area contributed by atoms with Gasteiger partial charge in [0.15, 0.2) is 0 Å². The van der Waals surface area contributed by atoms with Gasteiger partial charge in [0.1, 0.15) is 5.75 Å². The zero-order valence-corrected chi connectivity index (χ0v) is 13.5. The lowest BCUT2D eigenvalue weighted by Crippen LogP contribution is -2.29. The van der Waals surface area contributed by atoms with Gasteiger partial charge in [0.05, 0.1) is 12.3 Å². The van der Waals surface area contributed by atoms with Crippen LogP contribution in [-0.2, 0) is 0 Å². The van der Waals surface area contributed by atoms with E-state index in [0.717, 1.165) is 28.3 Å². The summed E-state index contributed by atoms with van der Waals surface area (Å²) >= 11 is 6.12. The van der Waals surface area contributed by atoms with E-state index in [1.165, 1.54) is 25.7 Å². The molecule has 0 saturated heterocycles. The number of hydrogen-bond donors (Lipinski definition) is 1. The maximum atomic E-state index is 6.12. The molecule has 1 aromatic carbocycles. The van der Waals surface area contributed by atoms with E-state index >= 15 is 0 Å². The number of anilines is 1. The highest BCUT2D eigenvalue weighted by Crippen LogP contribution is 2.34. The minimum atomic E-state index is 0.536. The van der Waals surface area contributed by atoms with Gasteiger partial charge in [-0.1, -0.05) is 38.3 Å². The molecule has 0 aromatic heterocycles. The third kappa shape index (κ3) is 4.05. The molecule has 0 heterocycles. The van der Waals surface area contributed by atoms with Crippen molar-refractivity contribution in [1.82, 2.24) is 0 Å². The van der Waals surface area contributed by atoms with Crippen LogP contribution >= 0.6 is 11.6 Å². The fourth-order valence-corrected chi connectivity index (χ4v) is 3.25. The summed E-state index contributed by atoms with van der Waals surface area (Å²) in [5.41, 5.74) is 1.04. The Hall–Kier alpha value is -0.890. The van der Waals surface area contributed by atoms with Crippen molar-refractivity contribution >= 4 is 17.3 Å². The van der Waals surface area contributed by atoms with Crippen LogP contribution in [0.25, 0.3) is 0 Å². The van der Waals surface area contributed by atoms with Crippen molar-refractivity contribution in [2.45, 2.75) is 52.5 Å². The average Bonchev–Trinajstić information content (AvgIpc) is 2.42. The molecule has 0 amide bonds. The van der Waals surface area contributed by atoms with Crippen LogP contribution in [0.2, 0.25) is 5.02 Å². The van der Waals surface area contributed by atoms with Gasteiger partial charge in [0.2, 0.25) is 0 Å². The van der Waals surface area contributed by atoms with Gasteiger partial charge in [-0.3, -0.25) is 0 Å². The number of rotatable bonds is 5. The van der Waals surface area contributed by atoms with Crippen molar-refractivity contribution in [1.29, 1.82) is 0 Å². The van der Waals surface area contributed by atoms with Crippen molar-refractivity contribution in [3.63, 3.8) is 0 Å². The monoisotopic (exact) mass is 295 g/mol. The number of benzene rings is 1. The first-order chi connectivity index (χ1) is 9.60. The molecule has 1 saturated carbocycles. The van der Waals surface area contributed by atoms with Crippen molar-refractivity contribution in [3.05, 3.63) is 23.2 Å². The first-order valence-corrected chi connectivity index (χ1v) is 8.16. The lowest BCUT2D eigenvalue weighted by Gasteiger charge is -2.33. The lowest BCUT2D eigenvalue weighted by molar-refractivity contribution is 0.263. The third-order valence-electron chi connectivity index (χ3n) is 4.26. The molecule has 0 spiro atoms. The molecule has 1 aromatic rings. The van der Waals surface area contributed by atoms with E-state index in [1.54, 1.807) is 0 Å². The van der Waals surface area contributed by atoms with Gasteiger partial charge in [-0.25, -0.2) is 0 Å². The van der Waals surface area contributed by atoms with E-state index in [1.807, 2.05) is 25.1 Å². The number of hydrogen-bond acceptors (Lipinski definition) is 2. The van der Waals surface area contributed by atoms with Crippen LogP contribution in [0, 0.1) is 11.8 Å². The van der Waals surface area contributed by atoms with Crippen LogP contribution in [0.15, 0.2) is 18.2 Å². The van der Waals surface area contributed by atoms with Gasteiger partial charge in [0.25, 0.3) is 0 Å². The van der Waals surface area contributed by atoms with Crippen LogP contribution in [0.1, 0.15) is 46.5 Å². The van der Waals surface area contributed by atoms with Crippen LogP contribution in [0.4, 0.5) is 5.69 Å². The molecule has 2 rings (SSSR count). The Morgan fingerprint density at radius 1 is 1.35 bits per heavy atom. The Morgan fingerprint density at radius 2 is 2.15 bits per heavy atom. The highest BCUT2D eigenvalue weighted by Gasteiger charge is 2.24. The van der Waals surface area contributed by atoms with Gasteiger partial charge in [0, 0.05) is 11.1 Å². The SMILES string of the molecule is CCOc1ccc(Cl)cc1NC1CCCC(C(C)C)C1. The maximum absolute atomic E-state index is 6.12. The van der Waals surface area contributed by atoms with E-state index in [4.69, 9.17) is 16.3 Å². The molecule has 3 heteroatoms. The molecule has 112 valence electrons. The molecule has 0 bridgehead atoms. The number of ether oxygens (including phenoxy) is 1. The predicted molar refractivity (Wildman–Crippen MR) is 86.8 cm³/mol. The Morgan fingerprint density at radius 3 is 2.85 bits per heavy atom. The van der Waals surface area contributed by atoms with Gasteiger partial charge in [-0.05, 0) is 49.8 Å². The minimum absolute atomic E-state index is 0.536. The van der Waals surface area contributed by atoms with Crippen molar-refractivity contribution in [3.8, 4) is 5.75 Å². The topological polar surface area (TPSA) is 21.3 Å². The first kappa shape index (κ1) is 15.5. The fraction of sp³-hybridized carbons (Fsp3) is 0.647. The number of halogens is 1. The summed E-state index contributed by atoms with van der Waals surface area (Å²) in [6, 6.07) is 6.35. The molecule has 0 radical (unpaired) electrons. The molecule has 2 nitrogen and oxygen atoms in total. The zero-order valence-electron chi connectivity index (χ0n) is 12.8. The normalized spacial score (nSPS) is 22.9. The standard InChI is InChI=1S/C17H26ClNO/c1-4-20-17-9-8-14(18)11-16(17)19-15-7-5-6-13(10-15)12(2)3/h8-9,11-13,15,19H,4-7,10H2,1-3H3. The number of nitrogens with one attached hydrogen (secondary N) is 1. The zero-order chi connectivity index (χ0) is 14.5. The second-order valence-electron chi connectivity index (χ2n) is 6.09. The fourth-order valence-electron chi connectivity index (χ4n) is 3.08. The summed E-state index contributed by atoms with van der Waals surface area (Å²) in [6.07, 6.45) is 5.16. The van der Waals surface area contributed by atoms with E-state index in [9.17, 15) is 0 Å². The highest BCUT2D eigenvalue weighted by atomic mass is 35.5. The molecule has 2 atom stereocenters. The van der Waals surface area contributed by atoms with E-state index in [0.29, 0.717) is 12.6 Å². The van der Waals surface area contributed by atoms with Crippen LogP contribution < -0.4 is 10.1 Å². The maximum Gasteiger partial charge on any atom is 0.142 e. The quantitative estimate of drug-likeness (QED) is 0.789. The smallest absolute Gasteiger partial charge is 0.142 e. The van der Waals surface area contributed by atoms with Gasteiger partial charge in [-0.2, -0.15) is 0 Å². The molecular weight excluding hydrogens is 270 g/mol. The Labute approximate surface area is 127 Å². The molecule has 1 fully saturated rings. The highest BCUT2D eigenvalue weighted by molar-refractivity contribution is 6.30. The minimum Gasteiger partial charge on any atom is -0.492 e. The van der Waals surface area contributed by atoms with Crippen LogP contribution in [0.5, 0.6) is 5.75 Å². The van der Waals surface area contributed by atoms with Gasteiger partial charge < -0.3 is 10.1 Å². The van der Waals surface area contributed by atoms with Gasteiger partial charge in [-0.15, -0.1) is 0 Å². The Kier molecular flexibility index (Phi) is 5.59. The predicted octanol–water partition coefficient (Wildman–Crippen LogP) is 5.37. The molecule has 20 heavy (non-hydrogen) atoms. The summed E-state index contributed by atoms with van der Waals surface area (Å²) in [6.45, 7) is 7.35. The second kappa shape index (κ2) is 7.21. The summed E-state index contributed by atoms with van der Waals surface area (Å²) in [5, 5.41) is 4.41. The van der Waals surface area contributed by atoms with Crippen molar-refractivity contribution in [2.75, 3.05) is 11.9 Å². The molecule has 1 aliphatic carbocycles. The van der Waals surface area contributed by atoms with Crippen molar-refractivity contribution in [2.24, 2.45) is 11.8 Å². The molecule has 1 N–H and O–H groups in total. The van der Waals surface area contributed by atoms with E-state index in [-0.39, 0.29) is 0 Å². The Bertz CT molecular complexity index is 433. The molecule has 2 unspecified atom stereocenters. The van der Waals surface area contributed by atoms with Crippen molar-refractivity contribution < 1.29 is 4.74 Å². The van der Waals surface area contributed by atoms with Gasteiger partial charge >= 0.3 is 0 Å².